The van der Waals surface area contributed by atoms with Crippen LogP contribution in [0.15, 0.2) is 109 Å². The highest BCUT2D eigenvalue weighted by molar-refractivity contribution is 7.47. The average molecular weight is 1180 g/mol. The summed E-state index contributed by atoms with van der Waals surface area (Å²) in [5.41, 5.74) is 0. The van der Waals surface area contributed by atoms with Crippen LogP contribution in [0.4, 0.5) is 0 Å². The summed E-state index contributed by atoms with van der Waals surface area (Å²) in [6, 6.07) is -0.863. The Balaban J connectivity index is 5.16. The number of allylic oxidation sites excluding steroid dienone is 17. The van der Waals surface area contributed by atoms with E-state index in [4.69, 9.17) is 13.8 Å². The Morgan fingerprint density at radius 2 is 0.771 bits per heavy atom. The Morgan fingerprint density at radius 3 is 1.18 bits per heavy atom. The van der Waals surface area contributed by atoms with Crippen molar-refractivity contribution in [2.75, 3.05) is 40.9 Å². The molecule has 478 valence electrons. The van der Waals surface area contributed by atoms with Gasteiger partial charge in [0.15, 0.2) is 0 Å². The van der Waals surface area contributed by atoms with Gasteiger partial charge in [-0.2, -0.15) is 0 Å². The van der Waals surface area contributed by atoms with E-state index in [1.54, 1.807) is 0 Å². The Bertz CT molecular complexity index is 1790. The summed E-state index contributed by atoms with van der Waals surface area (Å²) in [5, 5.41) is 3.06. The second kappa shape index (κ2) is 61.7. The minimum Gasteiger partial charge on any atom is -0.456 e. The van der Waals surface area contributed by atoms with E-state index in [-0.39, 0.29) is 31.5 Å². The summed E-state index contributed by atoms with van der Waals surface area (Å²) in [4.78, 5) is 37.9. The smallest absolute Gasteiger partial charge is 0.456 e. The van der Waals surface area contributed by atoms with Crippen molar-refractivity contribution < 1.29 is 37.3 Å². The fourth-order valence-electron chi connectivity index (χ4n) is 9.44. The van der Waals surface area contributed by atoms with Gasteiger partial charge in [-0.1, -0.05) is 272 Å². The molecule has 0 fully saturated rings. The van der Waals surface area contributed by atoms with E-state index in [1.807, 2.05) is 33.3 Å². The van der Waals surface area contributed by atoms with Gasteiger partial charge in [0.2, 0.25) is 5.91 Å². The van der Waals surface area contributed by atoms with Crippen LogP contribution in [0.1, 0.15) is 290 Å². The zero-order valence-corrected chi connectivity index (χ0v) is 55.6. The molecule has 0 radical (unpaired) electrons. The quantitative estimate of drug-likeness (QED) is 0.0205. The van der Waals surface area contributed by atoms with Gasteiger partial charge in [0.25, 0.3) is 0 Å². The number of carbonyl (C=O) groups is 2. The number of rotatable bonds is 61. The molecule has 9 nitrogen and oxygen atoms in total. The van der Waals surface area contributed by atoms with Crippen LogP contribution in [0.5, 0.6) is 0 Å². The first-order valence-corrected chi connectivity index (χ1v) is 35.7. The molecule has 0 aliphatic carbocycles. The first-order valence-electron chi connectivity index (χ1n) is 34.2. The number of esters is 1. The molecular formula is C73H130N2O7P+. The van der Waals surface area contributed by atoms with E-state index in [9.17, 15) is 19.0 Å². The zero-order chi connectivity index (χ0) is 60.7. The van der Waals surface area contributed by atoms with Crippen molar-refractivity contribution in [3.63, 3.8) is 0 Å². The maximum Gasteiger partial charge on any atom is 0.472 e. The van der Waals surface area contributed by atoms with Crippen molar-refractivity contribution >= 4 is 19.7 Å². The molecule has 3 atom stereocenters. The van der Waals surface area contributed by atoms with Gasteiger partial charge >= 0.3 is 13.8 Å². The van der Waals surface area contributed by atoms with Crippen LogP contribution in [0, 0.1) is 0 Å². The van der Waals surface area contributed by atoms with E-state index >= 15 is 0 Å². The second-order valence-electron chi connectivity index (χ2n) is 24.0. The molecule has 0 rings (SSSR count). The van der Waals surface area contributed by atoms with Crippen molar-refractivity contribution in [2.45, 2.75) is 303 Å². The molecule has 1 amide bonds. The van der Waals surface area contributed by atoms with Crippen LogP contribution >= 0.6 is 7.82 Å². The summed E-state index contributed by atoms with van der Waals surface area (Å²) in [7, 11) is 1.48. The molecule has 0 aromatic carbocycles. The fourth-order valence-corrected chi connectivity index (χ4v) is 10.2. The molecule has 0 aromatic rings. The Kier molecular flexibility index (Phi) is 59.3. The molecule has 0 saturated heterocycles. The predicted molar refractivity (Wildman–Crippen MR) is 360 cm³/mol. The summed E-state index contributed by atoms with van der Waals surface area (Å²) in [5.74, 6) is -0.524. The Hall–Kier alpha value is -3.33. The van der Waals surface area contributed by atoms with Gasteiger partial charge in [-0.05, 0) is 115 Å². The molecule has 0 aromatic heterocycles. The van der Waals surface area contributed by atoms with E-state index < -0.39 is 20.0 Å². The van der Waals surface area contributed by atoms with Crippen LogP contribution in [0.25, 0.3) is 0 Å². The normalized spacial score (nSPS) is 14.3. The largest absolute Gasteiger partial charge is 0.472 e. The lowest BCUT2D eigenvalue weighted by molar-refractivity contribution is -0.870. The molecule has 3 unspecified atom stereocenters. The molecular weight excluding hydrogens is 1050 g/mol. The van der Waals surface area contributed by atoms with Crippen LogP contribution in [-0.2, 0) is 27.9 Å². The Morgan fingerprint density at radius 1 is 0.434 bits per heavy atom. The minimum atomic E-state index is -4.46. The molecule has 0 saturated carbocycles. The number of nitrogens with one attached hydrogen (secondary N) is 1. The SMILES string of the molecule is CC/C=C\C/C=C\C/C=C\C/C=C\C/C=C\C/C=C\CCCCCCCCCCC(=O)OC(/C=C\CCCCCCCCCCCCC)C(COP(=O)(O)OCC[N+](C)(C)C)NC(=O)CCCCCCCCC/C=C\C/C=C\CCCCC. The van der Waals surface area contributed by atoms with Gasteiger partial charge in [-0.25, -0.2) is 4.57 Å². The van der Waals surface area contributed by atoms with Gasteiger partial charge in [0.1, 0.15) is 19.3 Å². The Labute approximate surface area is 512 Å². The standard InChI is InChI=1S/C73H129N2O7P/c1-7-10-13-16-19-22-25-28-30-32-33-34-35-36-37-38-39-40-41-43-45-48-51-54-57-60-63-66-73(77)82-71(64-61-58-55-52-49-46-27-24-21-18-15-12-9-3)70(69-81-83(78,79)80-68-67-75(4,5)6)74-72(76)65-62-59-56-53-50-47-44-42-31-29-26-23-20-17-14-11-8-2/h10,13,19-20,22-23,28-31,33-34,36-37,39-40,61,64,70-71H,7-9,11-12,14-18,21,24-27,32,35,38,41-60,62-63,65-69H2,1-6H3,(H-,74,76,78,79)/p+1/b13-10-,22-19-,23-20-,30-28-,31-29-,34-33-,37-36-,40-39-,64-61-. The number of ether oxygens (including phenoxy) is 1. The monoisotopic (exact) mass is 1180 g/mol. The molecule has 10 heteroatoms. The number of unbranched alkanes of at least 4 members (excludes halogenated alkanes) is 29. The molecule has 2 N–H and O–H groups in total. The second-order valence-corrected chi connectivity index (χ2v) is 25.4. The van der Waals surface area contributed by atoms with Crippen LogP contribution < -0.4 is 5.32 Å². The lowest BCUT2D eigenvalue weighted by Gasteiger charge is -2.27. The maximum absolute atomic E-state index is 13.6. The van der Waals surface area contributed by atoms with E-state index in [0.717, 1.165) is 128 Å². The van der Waals surface area contributed by atoms with E-state index in [1.165, 1.54) is 128 Å². The van der Waals surface area contributed by atoms with E-state index in [0.29, 0.717) is 17.4 Å². The van der Waals surface area contributed by atoms with Gasteiger partial charge < -0.3 is 19.4 Å². The highest BCUT2D eigenvalue weighted by atomic mass is 31.2. The highest BCUT2D eigenvalue weighted by Crippen LogP contribution is 2.43. The maximum atomic E-state index is 13.6. The highest BCUT2D eigenvalue weighted by Gasteiger charge is 2.30. The lowest BCUT2D eigenvalue weighted by atomic mass is 10.0. The van der Waals surface area contributed by atoms with Crippen LogP contribution in [-0.4, -0.2) is 74.3 Å². The summed E-state index contributed by atoms with van der Waals surface area (Å²) in [6.45, 7) is 6.87. The van der Waals surface area contributed by atoms with E-state index in [2.05, 4.69) is 123 Å². The number of hydrogen-bond donors (Lipinski definition) is 2. The van der Waals surface area contributed by atoms with Crippen molar-refractivity contribution in [3.05, 3.63) is 109 Å². The van der Waals surface area contributed by atoms with Crippen LogP contribution in [0.3, 0.4) is 0 Å². The number of phosphoric acid groups is 1. The fraction of sp³-hybridized carbons (Fsp3) is 0.726. The van der Waals surface area contributed by atoms with Crippen LogP contribution in [0.2, 0.25) is 0 Å². The van der Waals surface area contributed by atoms with Crippen molar-refractivity contribution in [3.8, 4) is 0 Å². The van der Waals surface area contributed by atoms with Gasteiger partial charge in [0, 0.05) is 12.8 Å². The van der Waals surface area contributed by atoms with Gasteiger partial charge in [0.05, 0.1) is 33.8 Å². The third-order valence-corrected chi connectivity index (χ3v) is 15.7. The third kappa shape index (κ3) is 63.0. The summed E-state index contributed by atoms with van der Waals surface area (Å²) >= 11 is 0. The van der Waals surface area contributed by atoms with Crippen molar-refractivity contribution in [1.29, 1.82) is 0 Å². The first-order chi connectivity index (χ1) is 40.4. The number of hydrogen-bond acceptors (Lipinski definition) is 6. The average Bonchev–Trinajstić information content (AvgIpc) is 3.47. The number of likely N-dealkylation sites (N-methyl/N-ethyl adjacent to an activating group) is 1. The van der Waals surface area contributed by atoms with Crippen molar-refractivity contribution in [1.82, 2.24) is 5.32 Å². The summed E-state index contributed by atoms with van der Waals surface area (Å²) < 4.78 is 30.8. The molecule has 0 aliphatic rings. The minimum absolute atomic E-state index is 0.0326. The molecule has 83 heavy (non-hydrogen) atoms. The summed E-state index contributed by atoms with van der Waals surface area (Å²) in [6.07, 6.45) is 85.1. The third-order valence-electron chi connectivity index (χ3n) is 14.7. The number of quaternary nitrogens is 1. The van der Waals surface area contributed by atoms with Gasteiger partial charge in [-0.15, -0.1) is 0 Å². The topological polar surface area (TPSA) is 111 Å². The number of carbonyl (C=O) groups excluding carboxylic acids is 2. The van der Waals surface area contributed by atoms with Crippen molar-refractivity contribution in [2.24, 2.45) is 0 Å². The number of phosphoric ester groups is 1. The molecule has 0 heterocycles. The predicted octanol–water partition coefficient (Wildman–Crippen LogP) is 21.7. The number of amides is 1. The molecule has 0 aliphatic heterocycles. The first kappa shape index (κ1) is 79.7. The lowest BCUT2D eigenvalue weighted by Crippen LogP contribution is -2.47. The molecule has 0 spiro atoms. The molecule has 0 bridgehead atoms. The zero-order valence-electron chi connectivity index (χ0n) is 54.7. The number of nitrogens with zero attached hydrogens (tertiary/aromatic N) is 1. The van der Waals surface area contributed by atoms with Gasteiger partial charge in [-0.3, -0.25) is 18.6 Å².